The number of H-pyrrole nitrogens is 1. The van der Waals surface area contributed by atoms with Crippen LogP contribution in [0.2, 0.25) is 5.02 Å². The van der Waals surface area contributed by atoms with E-state index in [0.717, 1.165) is 47.2 Å². The van der Waals surface area contributed by atoms with Crippen molar-refractivity contribution in [2.75, 3.05) is 0 Å². The molecule has 0 radical (unpaired) electrons. The van der Waals surface area contributed by atoms with E-state index in [2.05, 4.69) is 53.3 Å². The van der Waals surface area contributed by atoms with E-state index in [-0.39, 0.29) is 0 Å². The topological polar surface area (TPSA) is 41.6 Å². The largest absolute Gasteiger partial charge is 0.337 e. The van der Waals surface area contributed by atoms with E-state index in [1.165, 1.54) is 10.1 Å². The number of pyridine rings is 1. The first-order valence-corrected chi connectivity index (χ1v) is 10.3. The number of imidazole rings is 1. The molecule has 0 atom stereocenters. The second kappa shape index (κ2) is 5.77. The number of fused-ring (bicyclic) bond motifs is 6. The summed E-state index contributed by atoms with van der Waals surface area (Å²) >= 11 is 15.1. The summed E-state index contributed by atoms with van der Waals surface area (Å²) in [6.07, 6.45) is 3.54. The lowest BCUT2D eigenvalue weighted by atomic mass is 10.1. The van der Waals surface area contributed by atoms with Crippen LogP contribution in [0.5, 0.6) is 0 Å². The second-order valence-electron chi connectivity index (χ2n) is 5.64. The third-order valence-corrected chi connectivity index (χ3v) is 6.58. The first-order valence-electron chi connectivity index (χ1n) is 7.41. The molecule has 5 aromatic rings. The fourth-order valence-electron chi connectivity index (χ4n) is 3.15. The Balaban J connectivity index is 1.96. The molecule has 0 aliphatic carbocycles. The van der Waals surface area contributed by atoms with Crippen molar-refractivity contribution in [1.82, 2.24) is 15.0 Å². The fraction of sp³-hybridized carbons (Fsp3) is 0. The van der Waals surface area contributed by atoms with Crippen molar-refractivity contribution in [2.24, 2.45) is 0 Å². The van der Waals surface area contributed by atoms with Crippen molar-refractivity contribution in [2.45, 2.75) is 0 Å². The number of hydrogen-bond donors (Lipinski definition) is 1. The van der Waals surface area contributed by atoms with Gasteiger partial charge in [0.1, 0.15) is 5.82 Å². The number of rotatable bonds is 1. The third kappa shape index (κ3) is 2.35. The summed E-state index contributed by atoms with van der Waals surface area (Å²) in [5, 5.41) is 6.24. The summed E-state index contributed by atoms with van der Waals surface area (Å²) in [7, 11) is 0. The van der Waals surface area contributed by atoms with Crippen molar-refractivity contribution in [3.05, 3.63) is 56.0 Å². The number of aromatic nitrogens is 3. The zero-order valence-corrected chi connectivity index (χ0v) is 17.2. The van der Waals surface area contributed by atoms with Crippen molar-refractivity contribution < 1.29 is 0 Å². The minimum Gasteiger partial charge on any atom is -0.337 e. The van der Waals surface area contributed by atoms with Crippen molar-refractivity contribution >= 4 is 86.7 Å². The van der Waals surface area contributed by atoms with Gasteiger partial charge in [-0.25, -0.2) is 4.98 Å². The summed E-state index contributed by atoms with van der Waals surface area (Å²) in [5.74, 6) is 0.799. The van der Waals surface area contributed by atoms with Crippen molar-refractivity contribution in [3.63, 3.8) is 0 Å². The molecule has 0 unspecified atom stereocenters. The Bertz CT molecular complexity index is 1270. The Hall–Kier alpha value is -1.47. The summed E-state index contributed by atoms with van der Waals surface area (Å²) in [5.41, 5.74) is 2.95. The highest BCUT2D eigenvalue weighted by molar-refractivity contribution is 9.11. The average Bonchev–Trinajstić information content (AvgIpc) is 3.21. The van der Waals surface area contributed by atoms with E-state index in [0.29, 0.717) is 0 Å². The minimum atomic E-state index is 0.731. The molecule has 25 heavy (non-hydrogen) atoms. The normalized spacial score (nSPS) is 11.8. The predicted molar refractivity (Wildman–Crippen MR) is 113 cm³/mol. The molecular formula is C18H8Br2ClN3S. The number of benzene rings is 2. The maximum atomic E-state index is 6.24. The standard InChI is InChI=1S/C18H8Br2ClN3S/c19-12-6-22-7-13(20)14(12)18-23-15-9-2-1-8(21)5-11(9)10-3-4-25-17(10)16(15)24-18/h1-7H,(H,23,24). The summed E-state index contributed by atoms with van der Waals surface area (Å²) in [6.45, 7) is 0. The van der Waals surface area contributed by atoms with Crippen LogP contribution in [0.4, 0.5) is 0 Å². The van der Waals surface area contributed by atoms with Crippen LogP contribution in [0.15, 0.2) is 51.0 Å². The molecule has 0 spiro atoms. The van der Waals surface area contributed by atoms with E-state index in [1.54, 1.807) is 23.7 Å². The number of aromatic amines is 1. The summed E-state index contributed by atoms with van der Waals surface area (Å²) in [4.78, 5) is 12.6. The lowest BCUT2D eigenvalue weighted by Crippen LogP contribution is -1.86. The van der Waals surface area contributed by atoms with Gasteiger partial charge in [-0.05, 0) is 60.8 Å². The van der Waals surface area contributed by atoms with Crippen molar-refractivity contribution in [3.8, 4) is 11.4 Å². The van der Waals surface area contributed by atoms with Crippen LogP contribution in [-0.4, -0.2) is 15.0 Å². The molecule has 1 N–H and O–H groups in total. The predicted octanol–water partition coefficient (Wildman–Crippen LogP) is 7.17. The molecule has 0 aliphatic rings. The number of halogens is 3. The molecule has 2 aromatic carbocycles. The molecule has 5 rings (SSSR count). The van der Waals surface area contributed by atoms with Gasteiger partial charge in [0.15, 0.2) is 0 Å². The first-order chi connectivity index (χ1) is 12.1. The third-order valence-electron chi connectivity index (χ3n) is 4.21. The van der Waals surface area contributed by atoms with Gasteiger partial charge in [-0.15, -0.1) is 11.3 Å². The zero-order valence-electron chi connectivity index (χ0n) is 12.5. The van der Waals surface area contributed by atoms with E-state index in [4.69, 9.17) is 16.6 Å². The van der Waals surface area contributed by atoms with Crippen LogP contribution in [0.25, 0.3) is 43.3 Å². The van der Waals surface area contributed by atoms with Crippen LogP contribution in [-0.2, 0) is 0 Å². The maximum Gasteiger partial charge on any atom is 0.140 e. The van der Waals surface area contributed by atoms with Gasteiger partial charge in [0.25, 0.3) is 0 Å². The Labute approximate surface area is 168 Å². The SMILES string of the molecule is Clc1ccc2c(c1)c1ccsc1c1[nH]c(-c3c(Br)cncc3Br)nc21. The number of thiophene rings is 1. The highest BCUT2D eigenvalue weighted by Gasteiger charge is 2.17. The van der Waals surface area contributed by atoms with Gasteiger partial charge >= 0.3 is 0 Å². The van der Waals surface area contributed by atoms with Crippen LogP contribution < -0.4 is 0 Å². The molecular weight excluding hydrogens is 486 g/mol. The Morgan fingerprint density at radius 3 is 2.60 bits per heavy atom. The van der Waals surface area contributed by atoms with E-state index >= 15 is 0 Å². The fourth-order valence-corrected chi connectivity index (χ4v) is 5.54. The van der Waals surface area contributed by atoms with Gasteiger partial charge in [-0.2, -0.15) is 0 Å². The van der Waals surface area contributed by atoms with Gasteiger partial charge in [0.2, 0.25) is 0 Å². The van der Waals surface area contributed by atoms with E-state index in [9.17, 15) is 0 Å². The molecule has 122 valence electrons. The quantitative estimate of drug-likeness (QED) is 0.269. The molecule has 3 aromatic heterocycles. The van der Waals surface area contributed by atoms with Crippen molar-refractivity contribution in [1.29, 1.82) is 0 Å². The molecule has 7 heteroatoms. The average molecular weight is 494 g/mol. The number of nitrogens with one attached hydrogen (secondary N) is 1. The van der Waals surface area contributed by atoms with Gasteiger partial charge < -0.3 is 4.98 Å². The summed E-state index contributed by atoms with van der Waals surface area (Å²) in [6, 6.07) is 8.10. The molecule has 0 amide bonds. The lowest BCUT2D eigenvalue weighted by Gasteiger charge is -2.02. The van der Waals surface area contributed by atoms with Crippen LogP contribution in [0.1, 0.15) is 0 Å². The monoisotopic (exact) mass is 491 g/mol. The first kappa shape index (κ1) is 15.8. The minimum absolute atomic E-state index is 0.731. The molecule has 3 nitrogen and oxygen atoms in total. The smallest absolute Gasteiger partial charge is 0.140 e. The van der Waals surface area contributed by atoms with Gasteiger partial charge in [-0.3, -0.25) is 4.98 Å². The number of nitrogens with zero attached hydrogens (tertiary/aromatic N) is 2. The van der Waals surface area contributed by atoms with Crippen LogP contribution in [0, 0.1) is 0 Å². The highest BCUT2D eigenvalue weighted by atomic mass is 79.9. The molecule has 0 saturated heterocycles. The Morgan fingerprint density at radius 1 is 1.00 bits per heavy atom. The molecule has 0 saturated carbocycles. The van der Waals surface area contributed by atoms with Gasteiger partial charge in [0.05, 0.1) is 15.7 Å². The Morgan fingerprint density at radius 2 is 1.80 bits per heavy atom. The molecule has 0 bridgehead atoms. The number of hydrogen-bond acceptors (Lipinski definition) is 3. The van der Waals surface area contributed by atoms with Gasteiger partial charge in [0, 0.05) is 42.7 Å². The molecule has 3 heterocycles. The molecule has 0 aliphatic heterocycles. The lowest BCUT2D eigenvalue weighted by molar-refractivity contribution is 1.25. The Kier molecular flexibility index (Phi) is 3.64. The van der Waals surface area contributed by atoms with E-state index < -0.39 is 0 Å². The summed E-state index contributed by atoms with van der Waals surface area (Å²) < 4.78 is 2.95. The van der Waals surface area contributed by atoms with Crippen LogP contribution >= 0.6 is 54.8 Å². The highest BCUT2D eigenvalue weighted by Crippen LogP contribution is 2.40. The molecule has 0 fully saturated rings. The second-order valence-corrected chi connectivity index (χ2v) is 8.70. The van der Waals surface area contributed by atoms with Gasteiger partial charge in [-0.1, -0.05) is 17.7 Å². The maximum absolute atomic E-state index is 6.24. The van der Waals surface area contributed by atoms with Crippen LogP contribution in [0.3, 0.4) is 0 Å². The van der Waals surface area contributed by atoms with E-state index in [1.807, 2.05) is 18.2 Å². The zero-order chi connectivity index (χ0) is 17.1.